The Kier molecular flexibility index (Phi) is 4.18. The lowest BCUT2D eigenvalue weighted by Gasteiger charge is -2.12. The van der Waals surface area contributed by atoms with Crippen molar-refractivity contribution in [2.24, 2.45) is 0 Å². The molecule has 7 heteroatoms. The van der Waals surface area contributed by atoms with Gasteiger partial charge < -0.3 is 4.18 Å². The van der Waals surface area contributed by atoms with Crippen LogP contribution >= 0.6 is 0 Å². The lowest BCUT2D eigenvalue weighted by Crippen LogP contribution is -2.13. The van der Waals surface area contributed by atoms with Gasteiger partial charge in [0, 0.05) is 12.1 Å². The van der Waals surface area contributed by atoms with Gasteiger partial charge in [0.05, 0.1) is 4.92 Å². The third-order valence-corrected chi connectivity index (χ3v) is 4.66. The minimum Gasteiger partial charge on any atom is -0.379 e. The molecule has 0 fully saturated rings. The van der Waals surface area contributed by atoms with Crippen LogP contribution in [0, 0.1) is 30.9 Å². The molecule has 0 heterocycles. The van der Waals surface area contributed by atoms with Crippen molar-refractivity contribution < 1.29 is 17.5 Å². The lowest BCUT2D eigenvalue weighted by atomic mass is 10.1. The zero-order chi connectivity index (χ0) is 16.5. The molecule has 2 rings (SSSR count). The molecule has 2 aromatic carbocycles. The summed E-state index contributed by atoms with van der Waals surface area (Å²) in [5.74, 6) is 0.0324. The van der Waals surface area contributed by atoms with E-state index in [1.54, 1.807) is 26.0 Å². The molecule has 6 nitrogen and oxygen atoms in total. The second kappa shape index (κ2) is 5.76. The Balaban J connectivity index is 2.38. The quantitative estimate of drug-likeness (QED) is 0.490. The van der Waals surface area contributed by atoms with Gasteiger partial charge in [0.15, 0.2) is 0 Å². The zero-order valence-corrected chi connectivity index (χ0v) is 13.2. The number of aryl methyl sites for hydroxylation is 3. The van der Waals surface area contributed by atoms with Crippen LogP contribution in [0.25, 0.3) is 0 Å². The van der Waals surface area contributed by atoms with E-state index in [0.29, 0.717) is 11.1 Å². The summed E-state index contributed by atoms with van der Waals surface area (Å²) in [7, 11) is -3.99. The highest BCUT2D eigenvalue weighted by Gasteiger charge is 2.22. The van der Waals surface area contributed by atoms with Crippen molar-refractivity contribution in [1.29, 1.82) is 0 Å². The fourth-order valence-corrected chi connectivity index (χ4v) is 3.71. The molecule has 0 saturated heterocycles. The van der Waals surface area contributed by atoms with Crippen LogP contribution in [0.4, 0.5) is 5.69 Å². The molecule has 0 aliphatic carbocycles. The van der Waals surface area contributed by atoms with Crippen molar-refractivity contribution >= 4 is 15.8 Å². The highest BCUT2D eigenvalue weighted by atomic mass is 32.2. The highest BCUT2D eigenvalue weighted by molar-refractivity contribution is 7.87. The average Bonchev–Trinajstić information content (AvgIpc) is 2.36. The Bertz CT molecular complexity index is 803. The van der Waals surface area contributed by atoms with E-state index in [0.717, 1.165) is 5.56 Å². The predicted octanol–water partition coefficient (Wildman–Crippen LogP) is 3.29. The maximum Gasteiger partial charge on any atom is 0.339 e. The molecule has 0 aliphatic rings. The van der Waals surface area contributed by atoms with Crippen LogP contribution in [-0.2, 0) is 10.1 Å². The summed E-state index contributed by atoms with van der Waals surface area (Å²) in [5, 5.41) is 10.6. The van der Waals surface area contributed by atoms with E-state index in [9.17, 15) is 18.5 Å². The van der Waals surface area contributed by atoms with Crippen molar-refractivity contribution in [3.8, 4) is 5.75 Å². The Morgan fingerprint density at radius 3 is 1.95 bits per heavy atom. The van der Waals surface area contributed by atoms with Crippen molar-refractivity contribution in [3.05, 3.63) is 63.2 Å². The van der Waals surface area contributed by atoms with Gasteiger partial charge in [-0.15, -0.1) is 0 Å². The Labute approximate surface area is 128 Å². The first-order chi connectivity index (χ1) is 10.2. The van der Waals surface area contributed by atoms with Crippen molar-refractivity contribution in [1.82, 2.24) is 0 Å². The molecule has 0 atom stereocenters. The third kappa shape index (κ3) is 3.25. The van der Waals surface area contributed by atoms with E-state index in [1.807, 2.05) is 6.92 Å². The summed E-state index contributed by atoms with van der Waals surface area (Å²) in [5.41, 5.74) is 2.02. The molecule has 0 spiro atoms. The molecular weight excluding hydrogens is 306 g/mol. The minimum absolute atomic E-state index is 0.0324. The topological polar surface area (TPSA) is 86.5 Å². The van der Waals surface area contributed by atoms with Gasteiger partial charge in [-0.25, -0.2) is 0 Å². The van der Waals surface area contributed by atoms with Gasteiger partial charge in [0.2, 0.25) is 0 Å². The summed E-state index contributed by atoms with van der Waals surface area (Å²) < 4.78 is 29.9. The van der Waals surface area contributed by atoms with Crippen molar-refractivity contribution in [3.63, 3.8) is 0 Å². The second-order valence-corrected chi connectivity index (χ2v) is 6.50. The summed E-state index contributed by atoms with van der Waals surface area (Å²) in [6.07, 6.45) is 0. The molecule has 0 aliphatic heterocycles. The maximum atomic E-state index is 12.4. The molecule has 0 unspecified atom stereocenters. The molecular formula is C15H15NO5S. The molecule has 0 aromatic heterocycles. The molecule has 0 saturated carbocycles. The van der Waals surface area contributed by atoms with E-state index in [-0.39, 0.29) is 16.3 Å². The summed E-state index contributed by atoms with van der Waals surface area (Å²) >= 11 is 0. The predicted molar refractivity (Wildman–Crippen MR) is 81.6 cm³/mol. The number of non-ortho nitro benzene ring substituents is 1. The van der Waals surface area contributed by atoms with Gasteiger partial charge in [-0.1, -0.05) is 17.7 Å². The van der Waals surface area contributed by atoms with Crippen LogP contribution < -0.4 is 4.18 Å². The normalized spacial score (nSPS) is 11.2. The monoisotopic (exact) mass is 321 g/mol. The largest absolute Gasteiger partial charge is 0.379 e. The first-order valence-corrected chi connectivity index (χ1v) is 7.88. The first kappa shape index (κ1) is 16.0. The third-order valence-electron chi connectivity index (χ3n) is 3.11. The Morgan fingerprint density at radius 2 is 1.50 bits per heavy atom. The number of nitro groups is 1. The summed E-state index contributed by atoms with van der Waals surface area (Å²) in [6.45, 7) is 5.28. The molecule has 0 N–H and O–H groups in total. The number of hydrogen-bond acceptors (Lipinski definition) is 5. The molecule has 116 valence electrons. The fourth-order valence-electron chi connectivity index (χ4n) is 2.35. The van der Waals surface area contributed by atoms with Crippen LogP contribution in [0.2, 0.25) is 0 Å². The van der Waals surface area contributed by atoms with Crippen LogP contribution in [0.5, 0.6) is 5.75 Å². The van der Waals surface area contributed by atoms with E-state index in [4.69, 9.17) is 4.18 Å². The van der Waals surface area contributed by atoms with Crippen LogP contribution in [0.1, 0.15) is 16.7 Å². The summed E-state index contributed by atoms with van der Waals surface area (Å²) in [4.78, 5) is 10.1. The molecule has 22 heavy (non-hydrogen) atoms. The zero-order valence-electron chi connectivity index (χ0n) is 12.4. The van der Waals surface area contributed by atoms with Gasteiger partial charge in [0.1, 0.15) is 10.6 Å². The van der Waals surface area contributed by atoms with Crippen LogP contribution in [0.15, 0.2) is 41.3 Å². The van der Waals surface area contributed by atoms with E-state index < -0.39 is 15.0 Å². The fraction of sp³-hybridized carbons (Fsp3) is 0.200. The van der Waals surface area contributed by atoms with Gasteiger partial charge in [-0.2, -0.15) is 8.42 Å². The Morgan fingerprint density at radius 1 is 1.00 bits per heavy atom. The number of nitro benzene ring substituents is 1. The number of hydrogen-bond donors (Lipinski definition) is 0. The van der Waals surface area contributed by atoms with Crippen molar-refractivity contribution in [2.45, 2.75) is 25.7 Å². The highest BCUT2D eigenvalue weighted by Crippen LogP contribution is 2.26. The molecule has 0 amide bonds. The number of rotatable bonds is 4. The second-order valence-electron chi connectivity index (χ2n) is 5.02. The van der Waals surface area contributed by atoms with Gasteiger partial charge >= 0.3 is 10.1 Å². The maximum absolute atomic E-state index is 12.4. The Hall–Kier alpha value is -2.41. The smallest absolute Gasteiger partial charge is 0.339 e. The van der Waals surface area contributed by atoms with Crippen molar-refractivity contribution in [2.75, 3.05) is 0 Å². The number of benzene rings is 2. The van der Waals surface area contributed by atoms with Gasteiger partial charge in [-0.3, -0.25) is 10.1 Å². The minimum atomic E-state index is -3.99. The van der Waals surface area contributed by atoms with Gasteiger partial charge in [0.25, 0.3) is 5.69 Å². The van der Waals surface area contributed by atoms with E-state index in [2.05, 4.69) is 0 Å². The standard InChI is InChI=1S/C15H15NO5S/c1-10-8-11(2)15(12(3)9-10)22(19,20)21-14-6-4-13(5-7-14)16(17)18/h4-9H,1-3H3. The van der Waals surface area contributed by atoms with E-state index in [1.165, 1.54) is 24.3 Å². The van der Waals surface area contributed by atoms with Crippen LogP contribution in [-0.4, -0.2) is 13.3 Å². The van der Waals surface area contributed by atoms with Gasteiger partial charge in [-0.05, 0) is 44.0 Å². The summed E-state index contributed by atoms with van der Waals surface area (Å²) in [6, 6.07) is 8.43. The first-order valence-electron chi connectivity index (χ1n) is 6.47. The van der Waals surface area contributed by atoms with Crippen LogP contribution in [0.3, 0.4) is 0 Å². The average molecular weight is 321 g/mol. The SMILES string of the molecule is Cc1cc(C)c(S(=O)(=O)Oc2ccc([N+](=O)[O-])cc2)c(C)c1. The number of nitrogens with zero attached hydrogens (tertiary/aromatic N) is 1. The van der Waals surface area contributed by atoms with E-state index >= 15 is 0 Å². The lowest BCUT2D eigenvalue weighted by molar-refractivity contribution is -0.384. The molecule has 2 aromatic rings. The molecule has 0 bridgehead atoms. The molecule has 0 radical (unpaired) electrons.